The first-order valence-corrected chi connectivity index (χ1v) is 6.23. The van der Waals surface area contributed by atoms with Crippen LogP contribution in [0.3, 0.4) is 0 Å². The van der Waals surface area contributed by atoms with Crippen molar-refractivity contribution >= 4 is 0 Å². The predicted molar refractivity (Wildman–Crippen MR) is 74.5 cm³/mol. The Morgan fingerprint density at radius 3 is 2.61 bits per heavy atom. The monoisotopic (exact) mass is 241 g/mol. The van der Waals surface area contributed by atoms with Crippen molar-refractivity contribution in [3.05, 3.63) is 65.2 Å². The van der Waals surface area contributed by atoms with Gasteiger partial charge in [0, 0.05) is 12.6 Å². The summed E-state index contributed by atoms with van der Waals surface area (Å²) >= 11 is 0. The molecule has 0 amide bonds. The molecule has 2 nitrogen and oxygen atoms in total. The molecule has 0 heterocycles. The van der Waals surface area contributed by atoms with Crippen LogP contribution in [0.2, 0.25) is 0 Å². The summed E-state index contributed by atoms with van der Waals surface area (Å²) in [6.45, 7) is 5.01. The molecule has 94 valence electrons. The summed E-state index contributed by atoms with van der Waals surface area (Å²) in [7, 11) is 0. The maximum Gasteiger partial charge on any atom is 0.115 e. The minimum Gasteiger partial charge on any atom is -0.508 e. The highest BCUT2D eigenvalue weighted by Gasteiger charge is 2.04. The fourth-order valence-corrected chi connectivity index (χ4v) is 1.99. The molecule has 0 unspecified atom stereocenters. The molecule has 0 spiro atoms. The van der Waals surface area contributed by atoms with Crippen molar-refractivity contribution in [3.8, 4) is 5.75 Å². The van der Waals surface area contributed by atoms with Crippen molar-refractivity contribution in [1.29, 1.82) is 0 Å². The minimum absolute atomic E-state index is 0.298. The van der Waals surface area contributed by atoms with Crippen LogP contribution in [-0.4, -0.2) is 5.11 Å². The normalized spacial score (nSPS) is 12.3. The van der Waals surface area contributed by atoms with Gasteiger partial charge in [-0.05, 0) is 37.1 Å². The van der Waals surface area contributed by atoms with E-state index in [-0.39, 0.29) is 0 Å². The van der Waals surface area contributed by atoms with Crippen LogP contribution in [-0.2, 0) is 6.54 Å². The number of phenolic OH excluding ortho intramolecular Hbond substituents is 1. The van der Waals surface area contributed by atoms with Gasteiger partial charge in [0.2, 0.25) is 0 Å². The smallest absolute Gasteiger partial charge is 0.115 e. The minimum atomic E-state index is 0.298. The number of nitrogens with one attached hydrogen (secondary N) is 1. The standard InChI is InChI=1S/C16H19NO/c1-12-5-3-7-15(9-12)13(2)17-11-14-6-4-8-16(18)10-14/h3-10,13,17-18H,11H2,1-2H3/t13-/m0/s1. The summed E-state index contributed by atoms with van der Waals surface area (Å²) in [5.41, 5.74) is 3.66. The molecule has 0 saturated carbocycles. The summed E-state index contributed by atoms with van der Waals surface area (Å²) in [5.74, 6) is 0.317. The summed E-state index contributed by atoms with van der Waals surface area (Å²) in [4.78, 5) is 0. The average Bonchev–Trinajstić information content (AvgIpc) is 2.36. The maximum absolute atomic E-state index is 9.40. The number of hydrogen-bond acceptors (Lipinski definition) is 2. The molecule has 0 fully saturated rings. The van der Waals surface area contributed by atoms with Crippen LogP contribution in [0.25, 0.3) is 0 Å². The van der Waals surface area contributed by atoms with Crippen LogP contribution in [0.15, 0.2) is 48.5 Å². The molecule has 0 bridgehead atoms. The number of rotatable bonds is 4. The maximum atomic E-state index is 9.40. The van der Waals surface area contributed by atoms with Gasteiger partial charge in [-0.15, -0.1) is 0 Å². The summed E-state index contributed by atoms with van der Waals surface area (Å²) in [5, 5.41) is 12.9. The first kappa shape index (κ1) is 12.7. The van der Waals surface area contributed by atoms with Gasteiger partial charge in [-0.25, -0.2) is 0 Å². The highest BCUT2D eigenvalue weighted by Crippen LogP contribution is 2.16. The van der Waals surface area contributed by atoms with Crippen LogP contribution in [0.4, 0.5) is 0 Å². The molecule has 0 aliphatic heterocycles. The topological polar surface area (TPSA) is 32.3 Å². The number of aryl methyl sites for hydroxylation is 1. The number of phenols is 1. The SMILES string of the molecule is Cc1cccc([C@H](C)NCc2cccc(O)c2)c1. The molecule has 0 saturated heterocycles. The Bertz CT molecular complexity index is 522. The van der Waals surface area contributed by atoms with E-state index < -0.39 is 0 Å². The van der Waals surface area contributed by atoms with Crippen molar-refractivity contribution in [2.24, 2.45) is 0 Å². The van der Waals surface area contributed by atoms with E-state index in [0.717, 1.165) is 12.1 Å². The second-order valence-electron chi connectivity index (χ2n) is 4.69. The van der Waals surface area contributed by atoms with Gasteiger partial charge in [-0.2, -0.15) is 0 Å². The molecule has 0 aliphatic rings. The fraction of sp³-hybridized carbons (Fsp3) is 0.250. The molecule has 2 heteroatoms. The van der Waals surface area contributed by atoms with Gasteiger partial charge < -0.3 is 10.4 Å². The Morgan fingerprint density at radius 2 is 1.89 bits per heavy atom. The zero-order valence-electron chi connectivity index (χ0n) is 10.9. The van der Waals surface area contributed by atoms with Gasteiger partial charge in [0.1, 0.15) is 5.75 Å². The van der Waals surface area contributed by atoms with E-state index in [1.807, 2.05) is 12.1 Å². The van der Waals surface area contributed by atoms with E-state index in [4.69, 9.17) is 0 Å². The zero-order chi connectivity index (χ0) is 13.0. The Kier molecular flexibility index (Phi) is 4.00. The van der Waals surface area contributed by atoms with Gasteiger partial charge in [0.25, 0.3) is 0 Å². The lowest BCUT2D eigenvalue weighted by Crippen LogP contribution is -2.18. The third-order valence-corrected chi connectivity index (χ3v) is 3.07. The van der Waals surface area contributed by atoms with Gasteiger partial charge in [-0.3, -0.25) is 0 Å². The van der Waals surface area contributed by atoms with Crippen LogP contribution in [0, 0.1) is 6.92 Å². The highest BCUT2D eigenvalue weighted by molar-refractivity contribution is 5.28. The Labute approximate surface area is 108 Å². The molecule has 0 radical (unpaired) electrons. The molecule has 0 aliphatic carbocycles. The number of hydrogen-bond donors (Lipinski definition) is 2. The van der Waals surface area contributed by atoms with E-state index >= 15 is 0 Å². The molecule has 2 rings (SSSR count). The van der Waals surface area contributed by atoms with Crippen molar-refractivity contribution < 1.29 is 5.11 Å². The van der Waals surface area contributed by atoms with Crippen molar-refractivity contribution in [1.82, 2.24) is 5.32 Å². The van der Waals surface area contributed by atoms with Crippen LogP contribution in [0.5, 0.6) is 5.75 Å². The van der Waals surface area contributed by atoms with Crippen molar-refractivity contribution in [2.45, 2.75) is 26.4 Å². The van der Waals surface area contributed by atoms with E-state index in [1.165, 1.54) is 11.1 Å². The Hall–Kier alpha value is -1.80. The second-order valence-corrected chi connectivity index (χ2v) is 4.69. The summed E-state index contributed by atoms with van der Waals surface area (Å²) in [6, 6.07) is 16.2. The molecule has 2 aromatic carbocycles. The number of aromatic hydroxyl groups is 1. The molecular formula is C16H19NO. The average molecular weight is 241 g/mol. The van der Waals surface area contributed by atoms with E-state index in [2.05, 4.69) is 43.4 Å². The lowest BCUT2D eigenvalue weighted by Gasteiger charge is -2.15. The quantitative estimate of drug-likeness (QED) is 0.858. The molecule has 2 N–H and O–H groups in total. The first-order valence-electron chi connectivity index (χ1n) is 6.23. The third-order valence-electron chi connectivity index (χ3n) is 3.07. The van der Waals surface area contributed by atoms with Crippen molar-refractivity contribution in [3.63, 3.8) is 0 Å². The highest BCUT2D eigenvalue weighted by atomic mass is 16.3. The molecule has 0 aromatic heterocycles. The second kappa shape index (κ2) is 5.69. The van der Waals surface area contributed by atoms with Gasteiger partial charge in [0.05, 0.1) is 0 Å². The molecule has 1 atom stereocenters. The lowest BCUT2D eigenvalue weighted by molar-refractivity contribution is 0.473. The van der Waals surface area contributed by atoms with E-state index in [1.54, 1.807) is 12.1 Å². The summed E-state index contributed by atoms with van der Waals surface area (Å²) < 4.78 is 0. The van der Waals surface area contributed by atoms with E-state index in [9.17, 15) is 5.11 Å². The van der Waals surface area contributed by atoms with Gasteiger partial charge in [-0.1, -0.05) is 42.0 Å². The molecular weight excluding hydrogens is 222 g/mol. The van der Waals surface area contributed by atoms with Crippen LogP contribution < -0.4 is 5.32 Å². The van der Waals surface area contributed by atoms with Gasteiger partial charge >= 0.3 is 0 Å². The van der Waals surface area contributed by atoms with Crippen molar-refractivity contribution in [2.75, 3.05) is 0 Å². The predicted octanol–water partition coefficient (Wildman–Crippen LogP) is 3.55. The fourth-order valence-electron chi connectivity index (χ4n) is 1.99. The molecule has 18 heavy (non-hydrogen) atoms. The first-order chi connectivity index (χ1) is 8.65. The van der Waals surface area contributed by atoms with Crippen LogP contribution in [0.1, 0.15) is 29.7 Å². The Morgan fingerprint density at radius 1 is 1.11 bits per heavy atom. The summed E-state index contributed by atoms with van der Waals surface area (Å²) in [6.07, 6.45) is 0. The van der Waals surface area contributed by atoms with Gasteiger partial charge in [0.15, 0.2) is 0 Å². The lowest BCUT2D eigenvalue weighted by atomic mass is 10.1. The largest absolute Gasteiger partial charge is 0.508 e. The Balaban J connectivity index is 1.98. The van der Waals surface area contributed by atoms with E-state index in [0.29, 0.717) is 11.8 Å². The molecule has 2 aromatic rings. The van der Waals surface area contributed by atoms with Crippen LogP contribution >= 0.6 is 0 Å². The number of benzene rings is 2. The zero-order valence-corrected chi connectivity index (χ0v) is 10.9. The third kappa shape index (κ3) is 3.34.